The molecule has 3 aromatic rings. The average Bonchev–Trinajstić information content (AvgIpc) is 3.12. The summed E-state index contributed by atoms with van der Waals surface area (Å²) in [6, 6.07) is 10.4. The van der Waals surface area contributed by atoms with Crippen molar-refractivity contribution in [1.29, 1.82) is 0 Å². The van der Waals surface area contributed by atoms with Gasteiger partial charge < -0.3 is 24.3 Å². The first kappa shape index (κ1) is 20.1. The molecule has 0 unspecified atom stereocenters. The van der Waals surface area contributed by atoms with Crippen molar-refractivity contribution in [2.24, 2.45) is 0 Å². The topological polar surface area (TPSA) is 94.7 Å². The number of anilines is 1. The smallest absolute Gasteiger partial charge is 0.255 e. The molecule has 0 aliphatic heterocycles. The number of aromatic nitrogens is 2. The maximum atomic E-state index is 12.9. The largest absolute Gasteiger partial charge is 0.497 e. The van der Waals surface area contributed by atoms with Crippen LogP contribution < -0.4 is 24.3 Å². The molecule has 2 aromatic carbocycles. The second-order valence-corrected chi connectivity index (χ2v) is 6.16. The Morgan fingerprint density at radius 3 is 2.28 bits per heavy atom. The number of hydrogen-bond acceptors (Lipinski definition) is 6. The van der Waals surface area contributed by atoms with Gasteiger partial charge >= 0.3 is 0 Å². The van der Waals surface area contributed by atoms with Gasteiger partial charge in [-0.05, 0) is 37.3 Å². The van der Waals surface area contributed by atoms with Crippen LogP contribution in [0, 0.1) is 6.92 Å². The number of amides is 1. The Hall–Kier alpha value is -3.68. The van der Waals surface area contributed by atoms with Crippen LogP contribution in [0.3, 0.4) is 0 Å². The van der Waals surface area contributed by atoms with Gasteiger partial charge in [-0.3, -0.25) is 9.89 Å². The first-order valence-electron chi connectivity index (χ1n) is 8.83. The van der Waals surface area contributed by atoms with Crippen LogP contribution in [0.5, 0.6) is 23.0 Å². The van der Waals surface area contributed by atoms with Gasteiger partial charge in [-0.1, -0.05) is 0 Å². The Morgan fingerprint density at radius 2 is 1.62 bits per heavy atom. The van der Waals surface area contributed by atoms with Gasteiger partial charge in [0.25, 0.3) is 5.91 Å². The second-order valence-electron chi connectivity index (χ2n) is 6.16. The summed E-state index contributed by atoms with van der Waals surface area (Å²) in [5.41, 5.74) is 2.99. The van der Waals surface area contributed by atoms with E-state index in [1.54, 1.807) is 45.6 Å². The predicted molar refractivity (Wildman–Crippen MR) is 109 cm³/mol. The fourth-order valence-corrected chi connectivity index (χ4v) is 2.93. The van der Waals surface area contributed by atoms with E-state index >= 15 is 0 Å². The van der Waals surface area contributed by atoms with Crippen LogP contribution in [0.2, 0.25) is 0 Å². The number of aromatic amines is 1. The number of H-pyrrole nitrogens is 1. The van der Waals surface area contributed by atoms with E-state index < -0.39 is 0 Å². The van der Waals surface area contributed by atoms with Crippen LogP contribution in [0.15, 0.2) is 36.4 Å². The van der Waals surface area contributed by atoms with Crippen LogP contribution in [-0.4, -0.2) is 44.5 Å². The number of nitrogens with zero attached hydrogens (tertiary/aromatic N) is 1. The lowest BCUT2D eigenvalue weighted by Gasteiger charge is -2.12. The molecule has 0 bridgehead atoms. The molecule has 0 fully saturated rings. The summed E-state index contributed by atoms with van der Waals surface area (Å²) < 4.78 is 21.2. The summed E-state index contributed by atoms with van der Waals surface area (Å²) in [6.45, 7) is 1.83. The lowest BCUT2D eigenvalue weighted by Crippen LogP contribution is -2.13. The van der Waals surface area contributed by atoms with Gasteiger partial charge in [-0.25, -0.2) is 0 Å². The number of aryl methyl sites for hydroxylation is 1. The van der Waals surface area contributed by atoms with Crippen molar-refractivity contribution in [2.75, 3.05) is 33.8 Å². The van der Waals surface area contributed by atoms with E-state index in [0.717, 1.165) is 5.56 Å². The molecule has 0 spiro atoms. The highest BCUT2D eigenvalue weighted by Gasteiger charge is 2.20. The Bertz CT molecular complexity index is 1030. The molecular weight excluding hydrogens is 374 g/mol. The zero-order chi connectivity index (χ0) is 21.0. The van der Waals surface area contributed by atoms with E-state index in [2.05, 4.69) is 15.5 Å². The minimum Gasteiger partial charge on any atom is -0.497 e. The SMILES string of the molecule is COc1ccc(-c2n[nH]c(C)c2NC(=O)c2ccc(OC)c(OC)c2)c(OC)c1. The predicted octanol–water partition coefficient (Wildman–Crippen LogP) is 3.67. The molecule has 8 heteroatoms. The van der Waals surface area contributed by atoms with Crippen molar-refractivity contribution in [2.45, 2.75) is 6.92 Å². The van der Waals surface area contributed by atoms with Gasteiger partial charge in [-0.2, -0.15) is 5.10 Å². The number of rotatable bonds is 7. The van der Waals surface area contributed by atoms with E-state index in [-0.39, 0.29) is 5.91 Å². The van der Waals surface area contributed by atoms with Gasteiger partial charge in [0.05, 0.1) is 39.8 Å². The molecule has 29 heavy (non-hydrogen) atoms. The number of hydrogen-bond donors (Lipinski definition) is 2. The maximum Gasteiger partial charge on any atom is 0.255 e. The second kappa shape index (κ2) is 8.55. The summed E-state index contributed by atoms with van der Waals surface area (Å²) in [6.07, 6.45) is 0. The number of carbonyl (C=O) groups is 1. The van der Waals surface area contributed by atoms with E-state index in [4.69, 9.17) is 18.9 Å². The molecule has 3 rings (SSSR count). The third-order valence-corrected chi connectivity index (χ3v) is 4.50. The van der Waals surface area contributed by atoms with Crippen LogP contribution in [0.4, 0.5) is 5.69 Å². The first-order chi connectivity index (χ1) is 14.0. The number of methoxy groups -OCH3 is 4. The highest BCUT2D eigenvalue weighted by molar-refractivity contribution is 6.07. The van der Waals surface area contributed by atoms with Gasteiger partial charge in [0, 0.05) is 17.2 Å². The normalized spacial score (nSPS) is 10.4. The van der Waals surface area contributed by atoms with Gasteiger partial charge in [0.2, 0.25) is 0 Å². The zero-order valence-corrected chi connectivity index (χ0v) is 17.0. The minimum absolute atomic E-state index is 0.302. The molecule has 0 radical (unpaired) electrons. The quantitative estimate of drug-likeness (QED) is 0.632. The molecule has 0 saturated heterocycles. The molecule has 0 aliphatic rings. The number of nitrogens with one attached hydrogen (secondary N) is 2. The Morgan fingerprint density at radius 1 is 0.897 bits per heavy atom. The zero-order valence-electron chi connectivity index (χ0n) is 17.0. The third kappa shape index (κ3) is 3.96. The Balaban J connectivity index is 1.96. The molecule has 0 aliphatic carbocycles. The van der Waals surface area contributed by atoms with Crippen LogP contribution in [0.25, 0.3) is 11.3 Å². The van der Waals surface area contributed by atoms with E-state index in [1.807, 2.05) is 19.1 Å². The number of ether oxygens (including phenoxy) is 4. The molecule has 1 aromatic heterocycles. The van der Waals surface area contributed by atoms with Crippen molar-refractivity contribution in [3.63, 3.8) is 0 Å². The highest BCUT2D eigenvalue weighted by Crippen LogP contribution is 2.37. The van der Waals surface area contributed by atoms with Crippen LogP contribution >= 0.6 is 0 Å². The Kier molecular flexibility index (Phi) is 5.92. The highest BCUT2D eigenvalue weighted by atomic mass is 16.5. The van der Waals surface area contributed by atoms with Crippen molar-refractivity contribution in [1.82, 2.24) is 10.2 Å². The van der Waals surface area contributed by atoms with Crippen molar-refractivity contribution in [3.8, 4) is 34.3 Å². The third-order valence-electron chi connectivity index (χ3n) is 4.50. The van der Waals surface area contributed by atoms with Gasteiger partial charge in [-0.15, -0.1) is 0 Å². The van der Waals surface area contributed by atoms with E-state index in [1.165, 1.54) is 7.11 Å². The first-order valence-corrected chi connectivity index (χ1v) is 8.83. The minimum atomic E-state index is -0.302. The summed E-state index contributed by atoms with van der Waals surface area (Å²) in [5, 5.41) is 10.2. The van der Waals surface area contributed by atoms with E-state index in [9.17, 15) is 4.79 Å². The lowest BCUT2D eigenvalue weighted by atomic mass is 10.1. The molecule has 1 heterocycles. The molecule has 0 atom stereocenters. The molecular formula is C21H23N3O5. The van der Waals surface area contributed by atoms with Crippen LogP contribution in [-0.2, 0) is 0 Å². The fourth-order valence-electron chi connectivity index (χ4n) is 2.93. The van der Waals surface area contributed by atoms with Gasteiger partial charge in [0.15, 0.2) is 11.5 Å². The lowest BCUT2D eigenvalue weighted by molar-refractivity contribution is 0.102. The average molecular weight is 397 g/mol. The van der Waals surface area contributed by atoms with Crippen molar-refractivity contribution >= 4 is 11.6 Å². The van der Waals surface area contributed by atoms with Crippen molar-refractivity contribution < 1.29 is 23.7 Å². The molecule has 8 nitrogen and oxygen atoms in total. The summed E-state index contributed by atoms with van der Waals surface area (Å²) in [7, 11) is 6.22. The fraction of sp³-hybridized carbons (Fsp3) is 0.238. The summed E-state index contributed by atoms with van der Waals surface area (Å²) in [4.78, 5) is 12.9. The monoisotopic (exact) mass is 397 g/mol. The van der Waals surface area contributed by atoms with Crippen LogP contribution in [0.1, 0.15) is 16.1 Å². The number of benzene rings is 2. The molecule has 2 N–H and O–H groups in total. The summed E-state index contributed by atoms with van der Waals surface area (Å²) in [5.74, 6) is 1.96. The van der Waals surface area contributed by atoms with Gasteiger partial charge in [0.1, 0.15) is 17.2 Å². The van der Waals surface area contributed by atoms with E-state index in [0.29, 0.717) is 45.6 Å². The number of carbonyl (C=O) groups excluding carboxylic acids is 1. The molecule has 152 valence electrons. The summed E-state index contributed by atoms with van der Waals surface area (Å²) >= 11 is 0. The molecule has 0 saturated carbocycles. The Labute approximate surface area is 168 Å². The standard InChI is InChI=1S/C21H23N3O5/c1-12-19(22-21(25)13-6-9-16(27-3)18(10-13)29-5)20(24-23-12)15-8-7-14(26-2)11-17(15)28-4/h6-11H,1-5H3,(H,22,25)(H,23,24). The maximum absolute atomic E-state index is 12.9. The molecule has 1 amide bonds. The van der Waals surface area contributed by atoms with Crippen molar-refractivity contribution in [3.05, 3.63) is 47.7 Å².